The molecule has 27 heavy (non-hydrogen) atoms. The largest absolute Gasteiger partial charge is 0.480 e. The predicted molar refractivity (Wildman–Crippen MR) is 110 cm³/mol. The summed E-state index contributed by atoms with van der Waals surface area (Å²) in [7, 11) is 0. The molecule has 0 aromatic carbocycles. The first-order valence-electron chi connectivity index (χ1n) is 10.9. The van der Waals surface area contributed by atoms with Crippen LogP contribution in [0.2, 0.25) is 0 Å². The summed E-state index contributed by atoms with van der Waals surface area (Å²) >= 11 is 0. The highest BCUT2D eigenvalue weighted by atomic mass is 16.4. The van der Waals surface area contributed by atoms with Crippen molar-refractivity contribution in [2.45, 2.75) is 90.4 Å². The van der Waals surface area contributed by atoms with E-state index < -0.39 is 5.97 Å². The molecule has 0 unspecified atom stereocenters. The van der Waals surface area contributed by atoms with Crippen molar-refractivity contribution in [3.8, 4) is 0 Å². The van der Waals surface area contributed by atoms with Gasteiger partial charge in [0, 0.05) is 26.1 Å². The van der Waals surface area contributed by atoms with E-state index in [2.05, 4.69) is 12.2 Å². The van der Waals surface area contributed by atoms with E-state index in [9.17, 15) is 9.59 Å². The van der Waals surface area contributed by atoms with Crippen molar-refractivity contribution in [3.63, 3.8) is 0 Å². The van der Waals surface area contributed by atoms with E-state index in [0.29, 0.717) is 26.1 Å². The van der Waals surface area contributed by atoms with E-state index in [4.69, 9.17) is 10.2 Å². The molecule has 0 aliphatic heterocycles. The van der Waals surface area contributed by atoms with Crippen LogP contribution in [-0.2, 0) is 9.59 Å². The van der Waals surface area contributed by atoms with Crippen LogP contribution in [0.4, 0.5) is 0 Å². The smallest absolute Gasteiger partial charge is 0.317 e. The molecule has 6 heteroatoms. The Hall–Kier alpha value is -1.14. The lowest BCUT2D eigenvalue weighted by Gasteiger charge is -2.19. The molecule has 0 rings (SSSR count). The van der Waals surface area contributed by atoms with E-state index in [1.165, 1.54) is 64.2 Å². The van der Waals surface area contributed by atoms with Crippen LogP contribution >= 0.6 is 0 Å². The van der Waals surface area contributed by atoms with Crippen molar-refractivity contribution >= 4 is 11.9 Å². The van der Waals surface area contributed by atoms with Crippen LogP contribution in [0.5, 0.6) is 0 Å². The SMILES string of the molecule is CCCCCCCCCCCCCCC(=O)NCCN(CCO)CC(=O)O. The Morgan fingerprint density at radius 1 is 0.815 bits per heavy atom. The number of hydrogen-bond acceptors (Lipinski definition) is 4. The number of aliphatic hydroxyl groups is 1. The number of carboxylic acids is 1. The number of nitrogens with one attached hydrogen (secondary N) is 1. The molecular weight excluding hydrogens is 344 g/mol. The average Bonchev–Trinajstić information content (AvgIpc) is 2.62. The summed E-state index contributed by atoms with van der Waals surface area (Å²) in [6.45, 7) is 3.22. The van der Waals surface area contributed by atoms with Crippen LogP contribution < -0.4 is 5.32 Å². The number of carbonyl (C=O) groups excluding carboxylic acids is 1. The van der Waals surface area contributed by atoms with Gasteiger partial charge in [-0.05, 0) is 6.42 Å². The van der Waals surface area contributed by atoms with Crippen molar-refractivity contribution in [1.82, 2.24) is 10.2 Å². The fraction of sp³-hybridized carbons (Fsp3) is 0.905. The lowest BCUT2D eigenvalue weighted by molar-refractivity contribution is -0.138. The molecule has 1 amide bonds. The molecule has 0 aliphatic rings. The molecule has 160 valence electrons. The summed E-state index contributed by atoms with van der Waals surface area (Å²) in [4.78, 5) is 24.1. The van der Waals surface area contributed by atoms with Crippen LogP contribution in [0.25, 0.3) is 0 Å². The fourth-order valence-corrected chi connectivity index (χ4v) is 3.17. The first-order chi connectivity index (χ1) is 13.1. The van der Waals surface area contributed by atoms with Gasteiger partial charge in [-0.3, -0.25) is 14.5 Å². The number of aliphatic hydroxyl groups excluding tert-OH is 1. The highest BCUT2D eigenvalue weighted by Crippen LogP contribution is 2.12. The summed E-state index contributed by atoms with van der Waals surface area (Å²) in [6.07, 6.45) is 15.9. The van der Waals surface area contributed by atoms with E-state index in [1.807, 2.05) is 0 Å². The number of carbonyl (C=O) groups is 2. The van der Waals surface area contributed by atoms with Crippen LogP contribution in [0, 0.1) is 0 Å². The molecule has 0 radical (unpaired) electrons. The van der Waals surface area contributed by atoms with E-state index in [1.54, 1.807) is 4.90 Å². The molecule has 0 aromatic heterocycles. The molecule has 6 nitrogen and oxygen atoms in total. The second kappa shape index (κ2) is 19.6. The standard InChI is InChI=1S/C21H42N2O4/c1-2-3-4-5-6-7-8-9-10-11-12-13-14-20(25)22-15-16-23(17-18-24)19-21(26)27/h24H,2-19H2,1H3,(H,22,25)(H,26,27). The quantitative estimate of drug-likeness (QED) is 0.278. The van der Waals surface area contributed by atoms with E-state index in [0.717, 1.165) is 12.8 Å². The molecule has 0 saturated carbocycles. The monoisotopic (exact) mass is 386 g/mol. The summed E-state index contributed by atoms with van der Waals surface area (Å²) in [6, 6.07) is 0. The molecule has 0 bridgehead atoms. The molecule has 0 fully saturated rings. The Kier molecular flexibility index (Phi) is 18.8. The van der Waals surface area contributed by atoms with Gasteiger partial charge in [0.05, 0.1) is 13.2 Å². The topological polar surface area (TPSA) is 89.9 Å². The Labute approximate surface area is 165 Å². The van der Waals surface area contributed by atoms with Gasteiger partial charge in [0.15, 0.2) is 0 Å². The minimum Gasteiger partial charge on any atom is -0.480 e. The zero-order valence-electron chi connectivity index (χ0n) is 17.4. The molecule has 0 aliphatic carbocycles. The number of carboxylic acid groups (broad SMARTS) is 1. The van der Waals surface area contributed by atoms with Gasteiger partial charge in [0.25, 0.3) is 0 Å². The summed E-state index contributed by atoms with van der Waals surface area (Å²) in [5.41, 5.74) is 0. The number of aliphatic carboxylic acids is 1. The Morgan fingerprint density at radius 2 is 1.33 bits per heavy atom. The lowest BCUT2D eigenvalue weighted by Crippen LogP contribution is -2.39. The van der Waals surface area contributed by atoms with E-state index >= 15 is 0 Å². The van der Waals surface area contributed by atoms with Gasteiger partial charge in [-0.1, -0.05) is 77.6 Å². The molecule has 0 atom stereocenters. The second-order valence-electron chi connectivity index (χ2n) is 7.38. The first kappa shape index (κ1) is 25.9. The third-order valence-corrected chi connectivity index (χ3v) is 4.78. The molecule has 0 spiro atoms. The normalized spacial score (nSPS) is 11.1. The number of amides is 1. The van der Waals surface area contributed by atoms with Crippen molar-refractivity contribution in [3.05, 3.63) is 0 Å². The second-order valence-corrected chi connectivity index (χ2v) is 7.38. The highest BCUT2D eigenvalue weighted by molar-refractivity contribution is 5.75. The van der Waals surface area contributed by atoms with Gasteiger partial charge in [0.2, 0.25) is 5.91 Å². The highest BCUT2D eigenvalue weighted by Gasteiger charge is 2.09. The number of hydrogen-bond donors (Lipinski definition) is 3. The Balaban J connectivity index is 3.42. The zero-order chi connectivity index (χ0) is 20.2. The molecule has 0 aromatic rings. The predicted octanol–water partition coefficient (Wildman–Crippen LogP) is 3.57. The average molecular weight is 387 g/mol. The van der Waals surface area contributed by atoms with Gasteiger partial charge < -0.3 is 15.5 Å². The maximum absolute atomic E-state index is 11.8. The minimum atomic E-state index is -0.925. The van der Waals surface area contributed by atoms with E-state index in [-0.39, 0.29) is 19.1 Å². The minimum absolute atomic E-state index is 0.0290. The van der Waals surface area contributed by atoms with Crippen LogP contribution in [0.15, 0.2) is 0 Å². The van der Waals surface area contributed by atoms with Crippen molar-refractivity contribution in [2.75, 3.05) is 32.8 Å². The third-order valence-electron chi connectivity index (χ3n) is 4.78. The molecule has 0 heterocycles. The van der Waals surface area contributed by atoms with Gasteiger partial charge in [-0.15, -0.1) is 0 Å². The molecule has 0 saturated heterocycles. The van der Waals surface area contributed by atoms with Gasteiger partial charge >= 0.3 is 5.97 Å². The Morgan fingerprint density at radius 3 is 1.81 bits per heavy atom. The maximum atomic E-state index is 11.8. The summed E-state index contributed by atoms with van der Waals surface area (Å²) in [5, 5.41) is 20.5. The van der Waals surface area contributed by atoms with Crippen molar-refractivity contribution in [1.29, 1.82) is 0 Å². The van der Waals surface area contributed by atoms with Gasteiger partial charge in [-0.25, -0.2) is 0 Å². The molecular formula is C21H42N2O4. The Bertz CT molecular complexity index is 364. The van der Waals surface area contributed by atoms with Crippen LogP contribution in [0.3, 0.4) is 0 Å². The van der Waals surface area contributed by atoms with Crippen LogP contribution in [-0.4, -0.2) is 59.8 Å². The lowest BCUT2D eigenvalue weighted by atomic mass is 10.0. The van der Waals surface area contributed by atoms with Gasteiger partial charge in [-0.2, -0.15) is 0 Å². The molecule has 3 N–H and O–H groups in total. The van der Waals surface area contributed by atoms with Crippen molar-refractivity contribution in [2.24, 2.45) is 0 Å². The number of nitrogens with zero attached hydrogens (tertiary/aromatic N) is 1. The number of unbranched alkanes of at least 4 members (excludes halogenated alkanes) is 11. The summed E-state index contributed by atoms with van der Waals surface area (Å²) in [5.74, 6) is -0.896. The fourth-order valence-electron chi connectivity index (χ4n) is 3.17. The zero-order valence-corrected chi connectivity index (χ0v) is 17.4. The summed E-state index contributed by atoms with van der Waals surface area (Å²) < 4.78 is 0. The van der Waals surface area contributed by atoms with Crippen LogP contribution in [0.1, 0.15) is 90.4 Å². The van der Waals surface area contributed by atoms with Gasteiger partial charge in [0.1, 0.15) is 0 Å². The maximum Gasteiger partial charge on any atom is 0.317 e. The number of rotatable bonds is 20. The third kappa shape index (κ3) is 19.4. The first-order valence-corrected chi connectivity index (χ1v) is 10.9. The van der Waals surface area contributed by atoms with Crippen molar-refractivity contribution < 1.29 is 19.8 Å².